The normalized spacial score (nSPS) is 19.8. The zero-order chi connectivity index (χ0) is 23.7. The van der Waals surface area contributed by atoms with Gasteiger partial charge < -0.3 is 24.6 Å². The average Bonchev–Trinajstić information content (AvgIpc) is 3.20. The fourth-order valence-corrected chi connectivity index (χ4v) is 3.84. The molecule has 0 saturated heterocycles. The van der Waals surface area contributed by atoms with E-state index in [-0.39, 0.29) is 12.5 Å². The Balaban J connectivity index is 1.75. The molecular weight excluding hydrogens is 418 g/mol. The molecule has 33 heavy (non-hydrogen) atoms. The number of rotatable bonds is 10. The highest BCUT2D eigenvalue weighted by Crippen LogP contribution is 2.27. The molecule has 1 aliphatic rings. The molecule has 3 rings (SSSR count). The number of alkyl carbamates (subject to hydrolysis) is 1. The van der Waals surface area contributed by atoms with Crippen LogP contribution in [0.3, 0.4) is 0 Å². The highest BCUT2D eigenvalue weighted by atomic mass is 16.6. The molecule has 0 saturated carbocycles. The fourth-order valence-electron chi connectivity index (χ4n) is 3.84. The highest BCUT2D eigenvalue weighted by Gasteiger charge is 2.37. The van der Waals surface area contributed by atoms with Crippen molar-refractivity contribution in [3.05, 3.63) is 83.9 Å². The Morgan fingerprint density at radius 1 is 1.03 bits per heavy atom. The van der Waals surface area contributed by atoms with Crippen LogP contribution in [0.2, 0.25) is 0 Å². The maximum atomic E-state index is 12.7. The smallest absolute Gasteiger partial charge is 0.407 e. The summed E-state index contributed by atoms with van der Waals surface area (Å²) < 4.78 is 17.8. The Bertz CT molecular complexity index is 878. The summed E-state index contributed by atoms with van der Waals surface area (Å²) in [7, 11) is 0. The molecule has 0 bridgehead atoms. The van der Waals surface area contributed by atoms with Gasteiger partial charge in [0.15, 0.2) is 0 Å². The number of hydrogen-bond donors (Lipinski definition) is 2. The second kappa shape index (κ2) is 12.0. The molecule has 0 radical (unpaired) electrons. The number of aliphatic hydroxyl groups excluding tert-OH is 1. The van der Waals surface area contributed by atoms with Crippen molar-refractivity contribution < 1.29 is 24.1 Å². The summed E-state index contributed by atoms with van der Waals surface area (Å²) in [6.07, 6.45) is 2.61. The van der Waals surface area contributed by atoms with E-state index in [2.05, 4.69) is 5.32 Å². The van der Waals surface area contributed by atoms with Crippen molar-refractivity contribution in [1.82, 2.24) is 5.32 Å². The minimum Gasteiger partial charge on any atom is -0.444 e. The zero-order valence-corrected chi connectivity index (χ0v) is 19.6. The number of hydrogen-bond acceptors (Lipinski definition) is 5. The van der Waals surface area contributed by atoms with Gasteiger partial charge in [-0.15, -0.1) is 0 Å². The minimum atomic E-state index is -0.679. The summed E-state index contributed by atoms with van der Waals surface area (Å²) in [5, 5.41) is 13.5. The Kier molecular flexibility index (Phi) is 9.06. The van der Waals surface area contributed by atoms with E-state index in [9.17, 15) is 9.90 Å². The molecule has 1 aliphatic carbocycles. The summed E-state index contributed by atoms with van der Waals surface area (Å²) in [4.78, 5) is 12.7. The Labute approximate surface area is 196 Å². The number of aliphatic hydroxyl groups is 1. The van der Waals surface area contributed by atoms with Gasteiger partial charge in [-0.1, -0.05) is 72.8 Å². The van der Waals surface area contributed by atoms with Crippen LogP contribution in [0.4, 0.5) is 4.79 Å². The average molecular weight is 454 g/mol. The standard InChI is InChI=1S/C27H35NO5/c1-27(2,3)33-26(30)28-25(22-15-10-16-23(22)29)24(32-18-21-13-8-5-9-14-21)19-31-17-20-11-6-4-7-12-20/h4-14,16,22-25,29H,15,17-19H2,1-3H3,(H,28,30)/t22-,23+,24-,25+/m1/s1. The lowest BCUT2D eigenvalue weighted by molar-refractivity contribution is -0.0656. The second-order valence-corrected chi connectivity index (χ2v) is 9.33. The number of ether oxygens (including phenoxy) is 3. The van der Waals surface area contributed by atoms with Crippen molar-refractivity contribution in [1.29, 1.82) is 0 Å². The van der Waals surface area contributed by atoms with E-state index in [4.69, 9.17) is 14.2 Å². The largest absolute Gasteiger partial charge is 0.444 e. The van der Waals surface area contributed by atoms with E-state index in [1.54, 1.807) is 6.08 Å². The first-order valence-electron chi connectivity index (χ1n) is 11.4. The molecule has 0 unspecified atom stereocenters. The number of amides is 1. The Morgan fingerprint density at radius 2 is 1.64 bits per heavy atom. The first-order chi connectivity index (χ1) is 15.8. The number of carbonyl (C=O) groups is 1. The van der Waals surface area contributed by atoms with Crippen LogP contribution in [0.1, 0.15) is 38.3 Å². The SMILES string of the molecule is CC(C)(C)OC(=O)N[C@@H]([C@@H]1CC=C[C@@H]1O)[C@@H](COCc1ccccc1)OCc1ccccc1. The monoisotopic (exact) mass is 453 g/mol. The van der Waals surface area contributed by atoms with Gasteiger partial charge in [0.05, 0.1) is 32.0 Å². The van der Waals surface area contributed by atoms with Gasteiger partial charge in [0.1, 0.15) is 11.7 Å². The van der Waals surface area contributed by atoms with E-state index in [0.29, 0.717) is 19.6 Å². The first kappa shape index (κ1) is 25.0. The summed E-state index contributed by atoms with van der Waals surface area (Å²) in [6.45, 7) is 6.50. The van der Waals surface area contributed by atoms with Crippen LogP contribution in [0.25, 0.3) is 0 Å². The molecular formula is C27H35NO5. The van der Waals surface area contributed by atoms with Crippen LogP contribution in [0, 0.1) is 5.92 Å². The minimum absolute atomic E-state index is 0.237. The molecule has 178 valence electrons. The quantitative estimate of drug-likeness (QED) is 0.514. The molecule has 0 spiro atoms. The van der Waals surface area contributed by atoms with Gasteiger partial charge in [0.2, 0.25) is 0 Å². The maximum Gasteiger partial charge on any atom is 0.407 e. The van der Waals surface area contributed by atoms with Crippen molar-refractivity contribution in [2.75, 3.05) is 6.61 Å². The molecule has 2 aromatic carbocycles. The van der Waals surface area contributed by atoms with E-state index in [1.165, 1.54) is 0 Å². The summed E-state index contributed by atoms with van der Waals surface area (Å²) >= 11 is 0. The molecule has 0 aromatic heterocycles. The van der Waals surface area contributed by atoms with Crippen LogP contribution >= 0.6 is 0 Å². The lowest BCUT2D eigenvalue weighted by atomic mass is 9.91. The first-order valence-corrected chi connectivity index (χ1v) is 11.4. The Morgan fingerprint density at radius 3 is 2.18 bits per heavy atom. The number of nitrogens with one attached hydrogen (secondary N) is 1. The van der Waals surface area contributed by atoms with Crippen LogP contribution in [0.5, 0.6) is 0 Å². The van der Waals surface area contributed by atoms with Gasteiger partial charge in [-0.3, -0.25) is 0 Å². The topological polar surface area (TPSA) is 77.0 Å². The lowest BCUT2D eigenvalue weighted by Crippen LogP contribution is -2.53. The summed E-state index contributed by atoms with van der Waals surface area (Å²) in [5.74, 6) is -0.237. The predicted molar refractivity (Wildman–Crippen MR) is 128 cm³/mol. The highest BCUT2D eigenvalue weighted by molar-refractivity contribution is 5.68. The van der Waals surface area contributed by atoms with E-state index in [0.717, 1.165) is 11.1 Å². The van der Waals surface area contributed by atoms with Crippen LogP contribution in [-0.4, -0.2) is 41.7 Å². The molecule has 2 aromatic rings. The Hall–Kier alpha value is -2.67. The van der Waals surface area contributed by atoms with E-state index < -0.39 is 29.9 Å². The molecule has 0 aliphatic heterocycles. The second-order valence-electron chi connectivity index (χ2n) is 9.33. The van der Waals surface area contributed by atoms with Crippen LogP contribution in [-0.2, 0) is 27.4 Å². The van der Waals surface area contributed by atoms with E-state index in [1.807, 2.05) is 87.5 Å². The van der Waals surface area contributed by atoms with Crippen LogP contribution < -0.4 is 5.32 Å². The summed E-state index contributed by atoms with van der Waals surface area (Å²) in [6, 6.07) is 19.3. The van der Waals surface area contributed by atoms with Crippen molar-refractivity contribution in [3.8, 4) is 0 Å². The molecule has 6 nitrogen and oxygen atoms in total. The van der Waals surface area contributed by atoms with Gasteiger partial charge in [-0.25, -0.2) is 4.79 Å². The maximum absolute atomic E-state index is 12.7. The van der Waals surface area contributed by atoms with Gasteiger partial charge in [0, 0.05) is 5.92 Å². The number of carbonyl (C=O) groups excluding carboxylic acids is 1. The molecule has 0 heterocycles. The number of allylic oxidation sites excluding steroid dienone is 1. The molecule has 6 heteroatoms. The molecule has 1 amide bonds. The third-order valence-electron chi connectivity index (χ3n) is 5.43. The van der Waals surface area contributed by atoms with Crippen molar-refractivity contribution in [2.45, 2.75) is 64.3 Å². The number of benzene rings is 2. The van der Waals surface area contributed by atoms with Crippen molar-refractivity contribution in [2.24, 2.45) is 5.92 Å². The van der Waals surface area contributed by atoms with Crippen molar-refractivity contribution >= 4 is 6.09 Å². The molecule has 2 N–H and O–H groups in total. The fraction of sp³-hybridized carbons (Fsp3) is 0.444. The van der Waals surface area contributed by atoms with Gasteiger partial charge in [-0.2, -0.15) is 0 Å². The zero-order valence-electron chi connectivity index (χ0n) is 19.6. The predicted octanol–water partition coefficient (Wildman–Crippen LogP) is 4.62. The molecule has 4 atom stereocenters. The van der Waals surface area contributed by atoms with Crippen LogP contribution in [0.15, 0.2) is 72.8 Å². The van der Waals surface area contributed by atoms with Crippen molar-refractivity contribution in [3.63, 3.8) is 0 Å². The van der Waals surface area contributed by atoms with Gasteiger partial charge >= 0.3 is 6.09 Å². The van der Waals surface area contributed by atoms with Gasteiger partial charge in [-0.05, 0) is 38.3 Å². The lowest BCUT2D eigenvalue weighted by Gasteiger charge is -2.34. The van der Waals surface area contributed by atoms with Gasteiger partial charge in [0.25, 0.3) is 0 Å². The van der Waals surface area contributed by atoms with E-state index >= 15 is 0 Å². The summed E-state index contributed by atoms with van der Waals surface area (Å²) in [5.41, 5.74) is 1.44. The molecule has 0 fully saturated rings. The third kappa shape index (κ3) is 8.31. The third-order valence-corrected chi connectivity index (χ3v) is 5.43.